The van der Waals surface area contributed by atoms with E-state index in [2.05, 4.69) is 0 Å². The van der Waals surface area contributed by atoms with Gasteiger partial charge in [-0.1, -0.05) is 36.4 Å². The van der Waals surface area contributed by atoms with Gasteiger partial charge in [-0.05, 0) is 12.5 Å². The normalized spacial score (nSPS) is 21.5. The van der Waals surface area contributed by atoms with Crippen LogP contribution >= 0.6 is 0 Å². The van der Waals surface area contributed by atoms with E-state index >= 15 is 0 Å². The van der Waals surface area contributed by atoms with Gasteiger partial charge < -0.3 is 14.2 Å². The van der Waals surface area contributed by atoms with Crippen molar-refractivity contribution in [3.8, 4) is 0 Å². The number of aromatic amines is 1. The number of allylic oxidation sites excluding steroid dienone is 1. The fourth-order valence-corrected chi connectivity index (χ4v) is 3.00. The zero-order chi connectivity index (χ0) is 20.8. The van der Waals surface area contributed by atoms with Crippen molar-refractivity contribution in [1.82, 2.24) is 9.55 Å². The number of hydrogen-bond acceptors (Lipinski definition) is 6. The van der Waals surface area contributed by atoms with E-state index in [0.717, 1.165) is 16.3 Å². The summed E-state index contributed by atoms with van der Waals surface area (Å²) in [5.74, 6) is -1.63. The highest BCUT2D eigenvalue weighted by Crippen LogP contribution is 2.30. The molecule has 1 N–H and O–H groups in total. The number of rotatable bonds is 7. The number of esters is 1. The van der Waals surface area contributed by atoms with E-state index in [1.165, 1.54) is 6.08 Å². The number of carbonyl (C=O) groups excluding carboxylic acids is 1. The third-order valence-electron chi connectivity index (χ3n) is 4.41. The molecule has 0 aliphatic carbocycles. The van der Waals surface area contributed by atoms with Gasteiger partial charge in [-0.2, -0.15) is 4.39 Å². The highest BCUT2D eigenvalue weighted by Gasteiger charge is 2.38. The largest absolute Gasteiger partial charge is 0.460 e. The second-order valence-electron chi connectivity index (χ2n) is 6.47. The average Bonchev–Trinajstić information content (AvgIpc) is 3.11. The van der Waals surface area contributed by atoms with Crippen molar-refractivity contribution in [3.05, 3.63) is 80.9 Å². The van der Waals surface area contributed by atoms with Crippen molar-refractivity contribution in [3.63, 3.8) is 0 Å². The van der Waals surface area contributed by atoms with Crippen molar-refractivity contribution < 1.29 is 23.4 Å². The highest BCUT2D eigenvalue weighted by atomic mass is 19.1. The first-order valence-corrected chi connectivity index (χ1v) is 9.09. The van der Waals surface area contributed by atoms with Gasteiger partial charge in [0, 0.05) is 12.5 Å². The van der Waals surface area contributed by atoms with Gasteiger partial charge in [0.2, 0.25) is 5.82 Å². The van der Waals surface area contributed by atoms with Gasteiger partial charge in [-0.25, -0.2) is 9.59 Å². The van der Waals surface area contributed by atoms with Crippen LogP contribution in [-0.2, 0) is 25.6 Å². The van der Waals surface area contributed by atoms with E-state index in [0.29, 0.717) is 0 Å². The van der Waals surface area contributed by atoms with Crippen LogP contribution in [-0.4, -0.2) is 34.3 Å². The summed E-state index contributed by atoms with van der Waals surface area (Å²) in [6, 6.07) is 9.45. The van der Waals surface area contributed by atoms with Crippen LogP contribution in [0.4, 0.5) is 4.39 Å². The maximum Gasteiger partial charge on any atom is 0.330 e. The van der Waals surface area contributed by atoms with Crippen molar-refractivity contribution in [2.45, 2.75) is 38.4 Å². The number of nitrogens with one attached hydrogen (secondary N) is 1. The maximum atomic E-state index is 13.6. The first-order valence-electron chi connectivity index (χ1n) is 9.09. The predicted molar refractivity (Wildman–Crippen MR) is 101 cm³/mol. The zero-order valence-corrected chi connectivity index (χ0v) is 15.7. The standard InChI is InChI=1S/C20H21FN2O6/c1-2-6-18(24)28-12-16-15(27-11-13-7-4-3-5-8-13)9-17(29-16)23-10-14(21)19(25)22-20(23)26/h2-8,10,15-17H,9,11-12H2,1H3,(H,22,25,26)/t15-,16+,17+/m0/s1. The Morgan fingerprint density at radius 2 is 2.10 bits per heavy atom. The van der Waals surface area contributed by atoms with Crippen molar-refractivity contribution in [2.75, 3.05) is 6.61 Å². The molecule has 0 radical (unpaired) electrons. The second kappa shape index (κ2) is 9.44. The van der Waals surface area contributed by atoms with Crippen molar-refractivity contribution in [1.29, 1.82) is 0 Å². The lowest BCUT2D eigenvalue weighted by Crippen LogP contribution is -2.34. The van der Waals surface area contributed by atoms with Gasteiger partial charge in [0.1, 0.15) is 18.9 Å². The minimum atomic E-state index is -1.10. The Kier molecular flexibility index (Phi) is 6.73. The van der Waals surface area contributed by atoms with E-state index in [4.69, 9.17) is 14.2 Å². The highest BCUT2D eigenvalue weighted by molar-refractivity contribution is 5.81. The molecule has 0 saturated carbocycles. The van der Waals surface area contributed by atoms with Crippen LogP contribution in [0.2, 0.25) is 0 Å². The molecule has 9 heteroatoms. The van der Waals surface area contributed by atoms with Gasteiger partial charge >= 0.3 is 11.7 Å². The fourth-order valence-electron chi connectivity index (χ4n) is 3.00. The summed E-state index contributed by atoms with van der Waals surface area (Å²) in [7, 11) is 0. The predicted octanol–water partition coefficient (Wildman–Crippen LogP) is 1.67. The molecule has 154 valence electrons. The molecule has 0 spiro atoms. The third-order valence-corrected chi connectivity index (χ3v) is 4.41. The molecule has 1 aromatic heterocycles. The van der Waals surface area contributed by atoms with E-state index in [1.807, 2.05) is 35.3 Å². The second-order valence-corrected chi connectivity index (χ2v) is 6.47. The molecule has 1 aliphatic rings. The Morgan fingerprint density at radius 1 is 1.34 bits per heavy atom. The van der Waals surface area contributed by atoms with Crippen LogP contribution < -0.4 is 11.2 Å². The van der Waals surface area contributed by atoms with Crippen LogP contribution in [0.1, 0.15) is 25.1 Å². The van der Waals surface area contributed by atoms with Crippen LogP contribution in [0.25, 0.3) is 0 Å². The van der Waals surface area contributed by atoms with Crippen LogP contribution in [0.3, 0.4) is 0 Å². The molecule has 0 amide bonds. The monoisotopic (exact) mass is 404 g/mol. The number of halogens is 1. The number of hydrogen-bond donors (Lipinski definition) is 1. The molecule has 1 saturated heterocycles. The summed E-state index contributed by atoms with van der Waals surface area (Å²) < 4.78 is 31.5. The Hall–Kier alpha value is -3.04. The van der Waals surface area contributed by atoms with Crippen LogP contribution in [0, 0.1) is 5.82 Å². The first-order chi connectivity index (χ1) is 14.0. The SMILES string of the molecule is CC=CC(=O)OC[C@H]1O[C@@H](n2cc(F)c(=O)[nH]c2=O)C[C@@H]1OCc1ccccc1. The Labute approximate surface area is 165 Å². The van der Waals surface area contributed by atoms with E-state index in [-0.39, 0.29) is 19.6 Å². The van der Waals surface area contributed by atoms with Crippen molar-refractivity contribution in [2.24, 2.45) is 0 Å². The number of nitrogens with zero attached hydrogens (tertiary/aromatic N) is 1. The molecular formula is C20H21FN2O6. The lowest BCUT2D eigenvalue weighted by Gasteiger charge is -2.18. The topological polar surface area (TPSA) is 99.6 Å². The van der Waals surface area contributed by atoms with Crippen LogP contribution in [0.5, 0.6) is 0 Å². The summed E-state index contributed by atoms with van der Waals surface area (Å²) in [4.78, 5) is 36.8. The number of benzene rings is 1. The maximum absolute atomic E-state index is 13.6. The molecule has 1 fully saturated rings. The van der Waals surface area contributed by atoms with Gasteiger partial charge in [-0.3, -0.25) is 14.3 Å². The number of H-pyrrole nitrogens is 1. The van der Waals surface area contributed by atoms with E-state index in [9.17, 15) is 18.8 Å². The Balaban J connectivity index is 1.75. The summed E-state index contributed by atoms with van der Waals surface area (Å²) in [5.41, 5.74) is -0.958. The molecular weight excluding hydrogens is 383 g/mol. The molecule has 2 aromatic rings. The summed E-state index contributed by atoms with van der Waals surface area (Å²) in [6.45, 7) is 1.88. The summed E-state index contributed by atoms with van der Waals surface area (Å²) >= 11 is 0. The Morgan fingerprint density at radius 3 is 2.83 bits per heavy atom. The van der Waals surface area contributed by atoms with Gasteiger partial charge in [0.15, 0.2) is 0 Å². The molecule has 1 aliphatic heterocycles. The number of carbonyl (C=O) groups is 1. The minimum absolute atomic E-state index is 0.0975. The quantitative estimate of drug-likeness (QED) is 0.557. The van der Waals surface area contributed by atoms with Gasteiger partial charge in [0.05, 0.1) is 18.9 Å². The summed E-state index contributed by atoms with van der Waals surface area (Å²) in [6.07, 6.45) is 1.78. The molecule has 3 atom stereocenters. The van der Waals surface area contributed by atoms with E-state index < -0.39 is 41.5 Å². The average molecular weight is 404 g/mol. The molecule has 0 bridgehead atoms. The Bertz CT molecular complexity index is 984. The molecule has 3 rings (SSSR count). The lowest BCUT2D eigenvalue weighted by molar-refractivity contribution is -0.145. The minimum Gasteiger partial charge on any atom is -0.460 e. The van der Waals surface area contributed by atoms with Gasteiger partial charge in [-0.15, -0.1) is 0 Å². The first kappa shape index (κ1) is 20.7. The van der Waals surface area contributed by atoms with Gasteiger partial charge in [0.25, 0.3) is 5.56 Å². The van der Waals surface area contributed by atoms with Crippen LogP contribution in [0.15, 0.2) is 58.3 Å². The molecule has 29 heavy (non-hydrogen) atoms. The molecule has 0 unspecified atom stereocenters. The molecule has 8 nitrogen and oxygen atoms in total. The molecule has 2 heterocycles. The fraction of sp³-hybridized carbons (Fsp3) is 0.350. The number of aromatic nitrogens is 2. The van der Waals surface area contributed by atoms with Crippen molar-refractivity contribution >= 4 is 5.97 Å². The summed E-state index contributed by atoms with van der Waals surface area (Å²) in [5, 5.41) is 0. The smallest absolute Gasteiger partial charge is 0.330 e. The molecule has 1 aromatic carbocycles. The number of ether oxygens (including phenoxy) is 3. The zero-order valence-electron chi connectivity index (χ0n) is 15.7. The lowest BCUT2D eigenvalue weighted by atomic mass is 10.1. The van der Waals surface area contributed by atoms with E-state index in [1.54, 1.807) is 13.0 Å². The third kappa shape index (κ3) is 5.27.